The molecular formula is C23H24ClN3OS. The van der Waals surface area contributed by atoms with Gasteiger partial charge in [0.25, 0.3) is 5.91 Å². The number of aromatic nitrogens is 1. The Hall–Kier alpha value is -2.50. The van der Waals surface area contributed by atoms with Crippen LogP contribution in [-0.4, -0.2) is 21.9 Å². The van der Waals surface area contributed by atoms with E-state index in [4.69, 9.17) is 11.6 Å². The highest BCUT2D eigenvalue weighted by atomic mass is 35.5. The first kappa shape index (κ1) is 21.2. The normalized spacial score (nSPS) is 12.3. The van der Waals surface area contributed by atoms with Crippen molar-refractivity contribution in [1.29, 1.82) is 0 Å². The van der Waals surface area contributed by atoms with Crippen molar-refractivity contribution < 1.29 is 4.79 Å². The van der Waals surface area contributed by atoms with Crippen molar-refractivity contribution in [1.82, 2.24) is 9.99 Å². The molecule has 1 amide bonds. The molecule has 0 aliphatic carbocycles. The minimum Gasteiger partial charge on any atom is -0.318 e. The van der Waals surface area contributed by atoms with Gasteiger partial charge in [-0.3, -0.25) is 4.79 Å². The topological polar surface area (TPSA) is 46.4 Å². The van der Waals surface area contributed by atoms with Crippen LogP contribution in [0.3, 0.4) is 0 Å². The fourth-order valence-corrected chi connectivity index (χ4v) is 4.02. The third-order valence-corrected chi connectivity index (χ3v) is 6.00. The molecule has 1 atom stereocenters. The van der Waals surface area contributed by atoms with E-state index in [9.17, 15) is 4.79 Å². The van der Waals surface area contributed by atoms with Gasteiger partial charge in [-0.2, -0.15) is 5.10 Å². The van der Waals surface area contributed by atoms with Gasteiger partial charge in [0, 0.05) is 32.6 Å². The second kappa shape index (κ2) is 9.33. The highest BCUT2D eigenvalue weighted by molar-refractivity contribution is 8.00. The molecule has 0 spiro atoms. The Morgan fingerprint density at radius 1 is 1.10 bits per heavy atom. The van der Waals surface area contributed by atoms with Gasteiger partial charge in [-0.15, -0.1) is 11.8 Å². The van der Waals surface area contributed by atoms with Crippen LogP contribution in [0.2, 0.25) is 5.02 Å². The van der Waals surface area contributed by atoms with Gasteiger partial charge in [0.1, 0.15) is 0 Å². The summed E-state index contributed by atoms with van der Waals surface area (Å²) in [7, 11) is 0. The summed E-state index contributed by atoms with van der Waals surface area (Å²) >= 11 is 7.37. The maximum Gasteiger partial charge on any atom is 0.253 e. The van der Waals surface area contributed by atoms with E-state index in [1.54, 1.807) is 6.21 Å². The van der Waals surface area contributed by atoms with Crippen molar-refractivity contribution in [3.05, 3.63) is 82.1 Å². The first-order valence-electron chi connectivity index (χ1n) is 9.36. The lowest BCUT2D eigenvalue weighted by Crippen LogP contribution is -2.26. The maximum atomic E-state index is 12.3. The fraction of sp³-hybridized carbons (Fsp3) is 0.217. The number of hydrogen-bond acceptors (Lipinski definition) is 3. The van der Waals surface area contributed by atoms with Crippen LogP contribution >= 0.6 is 23.4 Å². The predicted octanol–water partition coefficient (Wildman–Crippen LogP) is 5.69. The number of nitrogens with one attached hydrogen (secondary N) is 1. The van der Waals surface area contributed by atoms with Crippen molar-refractivity contribution in [3.8, 4) is 5.69 Å². The molecule has 0 unspecified atom stereocenters. The SMILES string of the molecule is Cc1ccc(-n2c(C)cc(/C=N\NC(=O)[C@@H](C)Sc3ccc(Cl)cc3)c2C)cc1. The van der Waals surface area contributed by atoms with Gasteiger partial charge < -0.3 is 4.57 Å². The van der Waals surface area contributed by atoms with Gasteiger partial charge in [-0.1, -0.05) is 29.3 Å². The van der Waals surface area contributed by atoms with E-state index < -0.39 is 0 Å². The Balaban J connectivity index is 1.65. The highest BCUT2D eigenvalue weighted by Crippen LogP contribution is 2.25. The number of hydrogen-bond donors (Lipinski definition) is 1. The van der Waals surface area contributed by atoms with E-state index in [1.807, 2.05) is 31.2 Å². The second-order valence-electron chi connectivity index (χ2n) is 6.95. The smallest absolute Gasteiger partial charge is 0.253 e. The number of aryl methyl sites for hydroxylation is 2. The molecule has 3 rings (SSSR count). The van der Waals surface area contributed by atoms with Gasteiger partial charge in [-0.25, -0.2) is 5.43 Å². The lowest BCUT2D eigenvalue weighted by molar-refractivity contribution is -0.120. The summed E-state index contributed by atoms with van der Waals surface area (Å²) in [6.45, 7) is 8.04. The number of amides is 1. The zero-order chi connectivity index (χ0) is 21.0. The van der Waals surface area contributed by atoms with Gasteiger partial charge in [0.2, 0.25) is 0 Å². The number of benzene rings is 2. The molecule has 6 heteroatoms. The van der Waals surface area contributed by atoms with E-state index in [2.05, 4.69) is 66.2 Å². The average Bonchev–Trinajstić information content (AvgIpc) is 2.97. The third kappa shape index (κ3) is 5.31. The molecule has 0 radical (unpaired) electrons. The molecule has 4 nitrogen and oxygen atoms in total. The minimum absolute atomic E-state index is 0.145. The van der Waals surface area contributed by atoms with E-state index >= 15 is 0 Å². The number of nitrogens with zero attached hydrogens (tertiary/aromatic N) is 2. The van der Waals surface area contributed by atoms with Crippen LogP contribution in [0.1, 0.15) is 29.4 Å². The van der Waals surface area contributed by atoms with E-state index in [-0.39, 0.29) is 11.2 Å². The van der Waals surface area contributed by atoms with Crippen LogP contribution in [0.25, 0.3) is 5.69 Å². The summed E-state index contributed by atoms with van der Waals surface area (Å²) in [5.74, 6) is -0.145. The van der Waals surface area contributed by atoms with Crippen molar-refractivity contribution in [2.45, 2.75) is 37.8 Å². The molecule has 0 fully saturated rings. The largest absolute Gasteiger partial charge is 0.318 e. The number of rotatable bonds is 6. The molecule has 0 saturated heterocycles. The molecule has 0 bridgehead atoms. The van der Waals surface area contributed by atoms with Crippen LogP contribution in [0.15, 0.2) is 64.6 Å². The van der Waals surface area contributed by atoms with Crippen molar-refractivity contribution in [3.63, 3.8) is 0 Å². The van der Waals surface area contributed by atoms with E-state index in [1.165, 1.54) is 17.3 Å². The van der Waals surface area contributed by atoms with Gasteiger partial charge >= 0.3 is 0 Å². The third-order valence-electron chi connectivity index (χ3n) is 4.64. The van der Waals surface area contributed by atoms with Gasteiger partial charge in [0.05, 0.1) is 11.5 Å². The zero-order valence-electron chi connectivity index (χ0n) is 16.9. The summed E-state index contributed by atoms with van der Waals surface area (Å²) in [6, 6.07) is 17.9. The number of thioether (sulfide) groups is 1. The Bertz CT molecular complexity index is 1020. The summed E-state index contributed by atoms with van der Waals surface area (Å²) < 4.78 is 2.18. The summed E-state index contributed by atoms with van der Waals surface area (Å²) in [6.07, 6.45) is 1.70. The first-order valence-corrected chi connectivity index (χ1v) is 10.6. The Morgan fingerprint density at radius 2 is 1.76 bits per heavy atom. The second-order valence-corrected chi connectivity index (χ2v) is 8.80. The number of hydrazone groups is 1. The molecule has 0 aliphatic rings. The molecule has 1 aromatic heterocycles. The first-order chi connectivity index (χ1) is 13.8. The van der Waals surface area contributed by atoms with Crippen molar-refractivity contribution in [2.75, 3.05) is 0 Å². The Morgan fingerprint density at radius 3 is 2.41 bits per heavy atom. The number of carbonyl (C=O) groups excluding carboxylic acids is 1. The summed E-state index contributed by atoms with van der Waals surface area (Å²) in [5, 5.41) is 4.58. The lowest BCUT2D eigenvalue weighted by Gasteiger charge is -2.10. The Labute approximate surface area is 181 Å². The predicted molar refractivity (Wildman–Crippen MR) is 122 cm³/mol. The molecule has 0 aliphatic heterocycles. The van der Waals surface area contributed by atoms with E-state index in [0.717, 1.165) is 27.5 Å². The molecule has 1 N–H and O–H groups in total. The maximum absolute atomic E-state index is 12.3. The molecule has 2 aromatic carbocycles. The zero-order valence-corrected chi connectivity index (χ0v) is 18.5. The van der Waals surface area contributed by atoms with Gasteiger partial charge in [0.15, 0.2) is 0 Å². The van der Waals surface area contributed by atoms with Crippen LogP contribution in [0, 0.1) is 20.8 Å². The molecule has 0 saturated carbocycles. The monoisotopic (exact) mass is 425 g/mol. The van der Waals surface area contributed by atoms with Crippen molar-refractivity contribution >= 4 is 35.5 Å². The molecule has 29 heavy (non-hydrogen) atoms. The summed E-state index contributed by atoms with van der Waals surface area (Å²) in [4.78, 5) is 13.3. The van der Waals surface area contributed by atoms with Gasteiger partial charge in [-0.05, 0) is 70.2 Å². The standard InChI is InChI=1S/C23H24ClN3OS/c1-15-5-9-21(10-6-15)27-16(2)13-19(17(27)3)14-25-26-23(28)18(4)29-22-11-7-20(24)8-12-22/h5-14,18H,1-4H3,(H,26,28)/b25-14-/t18-/m1/s1. The number of carbonyl (C=O) groups is 1. The summed E-state index contributed by atoms with van der Waals surface area (Å²) in [5.41, 5.74) is 8.15. The average molecular weight is 426 g/mol. The van der Waals surface area contributed by atoms with Crippen LogP contribution < -0.4 is 5.43 Å². The molecule has 1 heterocycles. The highest BCUT2D eigenvalue weighted by Gasteiger charge is 2.14. The van der Waals surface area contributed by atoms with Crippen LogP contribution in [0.5, 0.6) is 0 Å². The fourth-order valence-electron chi connectivity index (χ4n) is 3.04. The van der Waals surface area contributed by atoms with Crippen LogP contribution in [0.4, 0.5) is 0 Å². The molecular weight excluding hydrogens is 402 g/mol. The Kier molecular flexibility index (Phi) is 6.83. The van der Waals surface area contributed by atoms with Crippen molar-refractivity contribution in [2.24, 2.45) is 5.10 Å². The molecule has 150 valence electrons. The molecule has 3 aromatic rings. The van der Waals surface area contributed by atoms with E-state index in [0.29, 0.717) is 5.02 Å². The minimum atomic E-state index is -0.270. The lowest BCUT2D eigenvalue weighted by atomic mass is 10.2. The van der Waals surface area contributed by atoms with Crippen LogP contribution in [-0.2, 0) is 4.79 Å². The quantitative estimate of drug-likeness (QED) is 0.313. The number of halogens is 1.